The third kappa shape index (κ3) is 4.93. The Labute approximate surface area is 174 Å². The number of likely N-dealkylation sites (tertiary alicyclic amines) is 1. The molecule has 156 valence electrons. The van der Waals surface area contributed by atoms with E-state index in [9.17, 15) is 13.6 Å². The van der Waals surface area contributed by atoms with Crippen LogP contribution in [0.4, 0.5) is 19.4 Å². The zero-order valence-corrected chi connectivity index (χ0v) is 16.6. The number of alkyl halides is 2. The third-order valence-corrected chi connectivity index (χ3v) is 5.39. The highest BCUT2D eigenvalue weighted by atomic mass is 35.5. The van der Waals surface area contributed by atoms with Crippen LogP contribution < -0.4 is 5.32 Å². The summed E-state index contributed by atoms with van der Waals surface area (Å²) in [6, 6.07) is 11.3. The molecule has 1 N–H and O–H groups in total. The first kappa shape index (κ1) is 21.2. The van der Waals surface area contributed by atoms with Crippen LogP contribution in [0, 0.1) is 5.92 Å². The fourth-order valence-electron chi connectivity index (χ4n) is 3.84. The van der Waals surface area contributed by atoms with Crippen LogP contribution in [0.2, 0.25) is 0 Å². The van der Waals surface area contributed by atoms with Crippen LogP contribution in [0.3, 0.4) is 0 Å². The Hall–Kier alpha value is -2.48. The Morgan fingerprint density at radius 3 is 2.55 bits per heavy atom. The molecule has 9 heteroatoms. The van der Waals surface area contributed by atoms with Crippen LogP contribution in [0.15, 0.2) is 42.6 Å². The topological polar surface area (TPSA) is 67.3 Å². The summed E-state index contributed by atoms with van der Waals surface area (Å²) in [4.78, 5) is 13.5. The van der Waals surface area contributed by atoms with Gasteiger partial charge in [0.25, 0.3) is 5.92 Å². The van der Waals surface area contributed by atoms with Crippen molar-refractivity contribution in [1.29, 1.82) is 0 Å². The number of piperidine rings is 1. The lowest BCUT2D eigenvalue weighted by molar-refractivity contribution is -0.103. The summed E-state index contributed by atoms with van der Waals surface area (Å²) in [7, 11) is 0. The van der Waals surface area contributed by atoms with Crippen molar-refractivity contribution in [3.05, 3.63) is 53.7 Å². The molecular weight excluding hydrogens is 402 g/mol. The molecular formula is C20H23ClF2N4O2. The van der Waals surface area contributed by atoms with E-state index in [1.807, 2.05) is 24.3 Å². The Morgan fingerprint density at radius 2 is 1.93 bits per heavy atom. The average molecular weight is 425 g/mol. The maximum Gasteiger partial charge on any atom is 0.410 e. The molecule has 1 atom stereocenters. The number of nitrogens with zero attached hydrogens (tertiary/aromatic N) is 3. The van der Waals surface area contributed by atoms with E-state index in [1.54, 1.807) is 12.1 Å². The second-order valence-corrected chi connectivity index (χ2v) is 7.34. The van der Waals surface area contributed by atoms with E-state index in [4.69, 9.17) is 4.74 Å². The van der Waals surface area contributed by atoms with Crippen molar-refractivity contribution in [2.24, 2.45) is 5.92 Å². The van der Waals surface area contributed by atoms with Crippen molar-refractivity contribution in [2.75, 3.05) is 25.0 Å². The first-order valence-corrected chi connectivity index (χ1v) is 9.43. The summed E-state index contributed by atoms with van der Waals surface area (Å²) in [6.45, 7) is -0.300. The maximum absolute atomic E-state index is 14.6. The average Bonchev–Trinajstić information content (AvgIpc) is 3.09. The number of anilines is 1. The Morgan fingerprint density at radius 1 is 1.21 bits per heavy atom. The minimum atomic E-state index is -2.99. The minimum absolute atomic E-state index is 0. The Balaban J connectivity index is 0.00000240. The number of carbonyl (C=O) groups excluding carboxylic acids is 1. The number of aromatic nitrogens is 2. The van der Waals surface area contributed by atoms with E-state index >= 15 is 0 Å². The molecule has 0 saturated carbocycles. The number of amides is 1. The molecule has 2 aliphatic rings. The number of nitrogens with one attached hydrogen (secondary N) is 1. The van der Waals surface area contributed by atoms with Crippen molar-refractivity contribution < 1.29 is 18.3 Å². The van der Waals surface area contributed by atoms with Crippen molar-refractivity contribution in [2.45, 2.75) is 31.3 Å². The van der Waals surface area contributed by atoms with Gasteiger partial charge < -0.3 is 15.0 Å². The molecule has 1 fully saturated rings. The van der Waals surface area contributed by atoms with E-state index < -0.39 is 24.5 Å². The lowest BCUT2D eigenvalue weighted by atomic mass is 9.93. The van der Waals surface area contributed by atoms with Crippen molar-refractivity contribution in [3.8, 4) is 0 Å². The highest BCUT2D eigenvalue weighted by molar-refractivity contribution is 5.85. The summed E-state index contributed by atoms with van der Waals surface area (Å²) in [6.07, 6.45) is 2.05. The SMILES string of the molecule is Cl.O=C(OC1Cc2ccccc2C1)N1CC[C@H](CNc2cccnn2)C(F)(F)C1. The predicted molar refractivity (Wildman–Crippen MR) is 107 cm³/mol. The molecule has 1 aromatic carbocycles. The van der Waals surface area contributed by atoms with Crippen molar-refractivity contribution >= 4 is 24.3 Å². The molecule has 1 amide bonds. The molecule has 6 nitrogen and oxygen atoms in total. The van der Waals surface area contributed by atoms with Gasteiger partial charge in [-0.1, -0.05) is 24.3 Å². The molecule has 1 saturated heterocycles. The first-order chi connectivity index (χ1) is 13.5. The van der Waals surface area contributed by atoms with Crippen molar-refractivity contribution in [1.82, 2.24) is 15.1 Å². The van der Waals surface area contributed by atoms with Gasteiger partial charge in [0, 0.05) is 38.0 Å². The lowest BCUT2D eigenvalue weighted by Crippen LogP contribution is -2.53. The smallest absolute Gasteiger partial charge is 0.410 e. The number of benzene rings is 1. The molecule has 0 spiro atoms. The fourth-order valence-corrected chi connectivity index (χ4v) is 3.84. The normalized spacial score (nSPS) is 20.5. The second kappa shape index (κ2) is 8.90. The number of carbonyl (C=O) groups is 1. The van der Waals surface area contributed by atoms with Gasteiger partial charge in [-0.25, -0.2) is 13.6 Å². The number of hydrogen-bond acceptors (Lipinski definition) is 5. The number of ether oxygens (including phenoxy) is 1. The van der Waals surface area contributed by atoms with E-state index in [0.717, 1.165) is 16.0 Å². The standard InChI is InChI=1S/C20H22F2N4O2.ClH/c21-20(22)13-26(9-7-16(20)12-23-18-6-3-8-24-25-18)19(27)28-17-10-14-4-1-2-5-15(14)11-17;/h1-6,8,16-17H,7,9-13H2,(H,23,25);1H/t16-;/m1./s1. The second-order valence-electron chi connectivity index (χ2n) is 7.34. The summed E-state index contributed by atoms with van der Waals surface area (Å²) in [5.41, 5.74) is 2.30. The lowest BCUT2D eigenvalue weighted by Gasteiger charge is -2.38. The van der Waals surface area contributed by atoms with Gasteiger partial charge >= 0.3 is 6.09 Å². The molecule has 1 aromatic heterocycles. The van der Waals surface area contributed by atoms with Gasteiger partial charge in [0.2, 0.25) is 0 Å². The molecule has 0 bridgehead atoms. The largest absolute Gasteiger partial charge is 0.445 e. The number of halogens is 3. The van der Waals surface area contributed by atoms with Gasteiger partial charge in [0.05, 0.1) is 6.54 Å². The Bertz CT molecular complexity index is 815. The molecule has 2 aromatic rings. The van der Waals surface area contributed by atoms with Crippen LogP contribution in [0.1, 0.15) is 17.5 Å². The van der Waals surface area contributed by atoms with Crippen LogP contribution in [0.25, 0.3) is 0 Å². The highest BCUT2D eigenvalue weighted by Gasteiger charge is 2.46. The maximum atomic E-state index is 14.6. The number of rotatable bonds is 4. The molecule has 1 aliphatic heterocycles. The minimum Gasteiger partial charge on any atom is -0.445 e. The molecule has 4 rings (SSSR count). The van der Waals surface area contributed by atoms with Gasteiger partial charge in [-0.15, -0.1) is 17.5 Å². The van der Waals surface area contributed by atoms with Crippen LogP contribution >= 0.6 is 12.4 Å². The predicted octanol–water partition coefficient (Wildman–Crippen LogP) is 3.57. The monoisotopic (exact) mass is 424 g/mol. The molecule has 1 aliphatic carbocycles. The summed E-state index contributed by atoms with van der Waals surface area (Å²) < 4.78 is 34.7. The molecule has 0 radical (unpaired) electrons. The third-order valence-electron chi connectivity index (χ3n) is 5.39. The zero-order valence-electron chi connectivity index (χ0n) is 15.8. The van der Waals surface area contributed by atoms with Gasteiger partial charge in [-0.05, 0) is 29.7 Å². The number of fused-ring (bicyclic) bond motifs is 1. The molecule has 29 heavy (non-hydrogen) atoms. The van der Waals surface area contributed by atoms with E-state index in [2.05, 4.69) is 15.5 Å². The quantitative estimate of drug-likeness (QED) is 0.812. The first-order valence-electron chi connectivity index (χ1n) is 9.43. The van der Waals surface area contributed by atoms with Crippen LogP contribution in [-0.4, -0.2) is 52.9 Å². The molecule has 0 unspecified atom stereocenters. The van der Waals surface area contributed by atoms with Gasteiger partial charge in [0.1, 0.15) is 11.9 Å². The van der Waals surface area contributed by atoms with Crippen LogP contribution in [0.5, 0.6) is 0 Å². The zero-order chi connectivity index (χ0) is 19.6. The molecule has 2 heterocycles. The van der Waals surface area contributed by atoms with Crippen molar-refractivity contribution in [3.63, 3.8) is 0 Å². The van der Waals surface area contributed by atoms with Gasteiger partial charge in [-0.3, -0.25) is 0 Å². The van der Waals surface area contributed by atoms with E-state index in [-0.39, 0.29) is 38.0 Å². The summed E-state index contributed by atoms with van der Waals surface area (Å²) in [5.74, 6) is -3.42. The highest BCUT2D eigenvalue weighted by Crippen LogP contribution is 2.34. The summed E-state index contributed by atoms with van der Waals surface area (Å²) >= 11 is 0. The van der Waals surface area contributed by atoms with E-state index in [1.165, 1.54) is 6.20 Å². The summed E-state index contributed by atoms with van der Waals surface area (Å²) in [5, 5.41) is 10.4. The van der Waals surface area contributed by atoms with Gasteiger partial charge in [-0.2, -0.15) is 5.10 Å². The van der Waals surface area contributed by atoms with Gasteiger partial charge in [0.15, 0.2) is 0 Å². The Kier molecular flexibility index (Phi) is 6.52. The fraction of sp³-hybridized carbons (Fsp3) is 0.450. The van der Waals surface area contributed by atoms with Crippen LogP contribution in [-0.2, 0) is 17.6 Å². The number of hydrogen-bond donors (Lipinski definition) is 1. The van der Waals surface area contributed by atoms with E-state index in [0.29, 0.717) is 18.7 Å².